The minimum atomic E-state index is -0.214. The first kappa shape index (κ1) is 27.3. The van der Waals surface area contributed by atoms with E-state index in [9.17, 15) is 9.59 Å². The smallest absolute Gasteiger partial charge is 0.311 e. The first-order valence-corrected chi connectivity index (χ1v) is 13.1. The van der Waals surface area contributed by atoms with E-state index in [0.29, 0.717) is 6.61 Å². The number of unbranched alkanes of at least 4 members (excludes halogenated alkanes) is 12. The molecule has 31 heavy (non-hydrogen) atoms. The SMILES string of the molecule is CCOC(=O)Cc1csc(NCCCCCCCC/C=C/CCCCCCCC=O)n1. The zero-order valence-electron chi connectivity index (χ0n) is 19.4. The van der Waals surface area contributed by atoms with Crippen LogP contribution in [-0.4, -0.2) is 30.4 Å². The van der Waals surface area contributed by atoms with Gasteiger partial charge in [0.2, 0.25) is 0 Å². The summed E-state index contributed by atoms with van der Waals surface area (Å²) in [5.41, 5.74) is 0.783. The quantitative estimate of drug-likeness (QED) is 0.0957. The molecule has 1 aromatic rings. The average Bonchev–Trinajstić information content (AvgIpc) is 3.20. The van der Waals surface area contributed by atoms with Gasteiger partial charge in [-0.15, -0.1) is 11.3 Å². The van der Waals surface area contributed by atoms with Gasteiger partial charge < -0.3 is 14.8 Å². The van der Waals surface area contributed by atoms with Crippen molar-refractivity contribution in [2.45, 2.75) is 103 Å². The van der Waals surface area contributed by atoms with Gasteiger partial charge >= 0.3 is 5.97 Å². The highest BCUT2D eigenvalue weighted by Crippen LogP contribution is 2.16. The van der Waals surface area contributed by atoms with Gasteiger partial charge in [0.1, 0.15) is 6.29 Å². The van der Waals surface area contributed by atoms with Crippen molar-refractivity contribution in [3.05, 3.63) is 23.2 Å². The number of aldehydes is 1. The monoisotopic (exact) mass is 450 g/mol. The van der Waals surface area contributed by atoms with Crippen molar-refractivity contribution >= 4 is 28.7 Å². The Morgan fingerprint density at radius 2 is 1.52 bits per heavy atom. The molecule has 6 heteroatoms. The van der Waals surface area contributed by atoms with Gasteiger partial charge in [-0.3, -0.25) is 4.79 Å². The molecule has 0 amide bonds. The van der Waals surface area contributed by atoms with Gasteiger partial charge in [0.15, 0.2) is 5.13 Å². The molecule has 0 spiro atoms. The fourth-order valence-electron chi connectivity index (χ4n) is 3.37. The molecule has 0 saturated heterocycles. The third kappa shape index (κ3) is 16.6. The summed E-state index contributed by atoms with van der Waals surface area (Å²) >= 11 is 1.55. The lowest BCUT2D eigenvalue weighted by Crippen LogP contribution is -2.08. The van der Waals surface area contributed by atoms with Gasteiger partial charge in [-0.1, -0.05) is 57.1 Å². The third-order valence-corrected chi connectivity index (χ3v) is 5.96. The van der Waals surface area contributed by atoms with Gasteiger partial charge in [-0.05, 0) is 45.4 Å². The van der Waals surface area contributed by atoms with E-state index in [-0.39, 0.29) is 12.4 Å². The van der Waals surface area contributed by atoms with E-state index in [1.165, 1.54) is 70.6 Å². The van der Waals surface area contributed by atoms with Crippen LogP contribution in [0.15, 0.2) is 17.5 Å². The molecule has 1 rings (SSSR count). The number of thiazole rings is 1. The van der Waals surface area contributed by atoms with Crippen LogP contribution < -0.4 is 5.32 Å². The molecule has 0 aromatic carbocycles. The largest absolute Gasteiger partial charge is 0.466 e. The molecule has 5 nitrogen and oxygen atoms in total. The van der Waals surface area contributed by atoms with Gasteiger partial charge in [-0.2, -0.15) is 0 Å². The van der Waals surface area contributed by atoms with E-state index in [4.69, 9.17) is 4.74 Å². The van der Waals surface area contributed by atoms with E-state index >= 15 is 0 Å². The fourth-order valence-corrected chi connectivity index (χ4v) is 4.11. The Balaban J connectivity index is 1.85. The van der Waals surface area contributed by atoms with Crippen LogP contribution >= 0.6 is 11.3 Å². The second kappa shape index (κ2) is 20.2. The second-order valence-electron chi connectivity index (χ2n) is 7.95. The summed E-state index contributed by atoms with van der Waals surface area (Å²) in [6.45, 7) is 3.16. The molecular weight excluding hydrogens is 408 g/mol. The van der Waals surface area contributed by atoms with E-state index in [1.54, 1.807) is 11.3 Å². The van der Waals surface area contributed by atoms with Gasteiger partial charge in [0.05, 0.1) is 18.7 Å². The third-order valence-electron chi connectivity index (χ3n) is 5.12. The lowest BCUT2D eigenvalue weighted by atomic mass is 10.1. The van der Waals surface area contributed by atoms with E-state index in [0.717, 1.165) is 42.9 Å². The van der Waals surface area contributed by atoms with Crippen LogP contribution in [0, 0.1) is 0 Å². The summed E-state index contributed by atoms with van der Waals surface area (Å²) < 4.78 is 4.95. The standard InChI is InChI=1S/C25H42N2O3S/c1-2-30-24(29)21-23-22-31-25(27-23)26-19-17-15-13-11-9-7-5-3-4-6-8-10-12-14-16-18-20-28/h3-4,20,22H,2,5-19,21H2,1H3,(H,26,27)/b4-3+. The summed E-state index contributed by atoms with van der Waals surface area (Å²) in [4.78, 5) is 26.1. The number of rotatable bonds is 21. The minimum absolute atomic E-state index is 0.214. The molecule has 0 aliphatic heterocycles. The maximum absolute atomic E-state index is 11.5. The van der Waals surface area contributed by atoms with Gasteiger partial charge in [0, 0.05) is 18.3 Å². The summed E-state index contributed by atoms with van der Waals surface area (Å²) in [6, 6.07) is 0. The van der Waals surface area contributed by atoms with Crippen molar-refractivity contribution in [1.82, 2.24) is 4.98 Å². The molecule has 0 saturated carbocycles. The number of hydrogen-bond donors (Lipinski definition) is 1. The Labute approximate surface area is 193 Å². The topological polar surface area (TPSA) is 68.3 Å². The molecule has 0 unspecified atom stereocenters. The maximum Gasteiger partial charge on any atom is 0.311 e. The maximum atomic E-state index is 11.5. The van der Waals surface area contributed by atoms with Crippen molar-refractivity contribution in [3.8, 4) is 0 Å². The zero-order valence-corrected chi connectivity index (χ0v) is 20.2. The number of allylic oxidation sites excluding steroid dienone is 2. The lowest BCUT2D eigenvalue weighted by Gasteiger charge is -2.03. The Morgan fingerprint density at radius 3 is 2.13 bits per heavy atom. The number of carbonyl (C=O) groups is 2. The van der Waals surface area contributed by atoms with Crippen LogP contribution in [0.3, 0.4) is 0 Å². The van der Waals surface area contributed by atoms with Crippen molar-refractivity contribution in [2.75, 3.05) is 18.5 Å². The first-order valence-electron chi connectivity index (χ1n) is 12.2. The van der Waals surface area contributed by atoms with Crippen molar-refractivity contribution in [3.63, 3.8) is 0 Å². The number of ether oxygens (including phenoxy) is 1. The summed E-state index contributed by atoms with van der Waals surface area (Å²) in [5, 5.41) is 6.17. The number of nitrogens with one attached hydrogen (secondary N) is 1. The van der Waals surface area contributed by atoms with E-state index in [1.807, 2.05) is 12.3 Å². The van der Waals surface area contributed by atoms with Crippen LogP contribution in [0.5, 0.6) is 0 Å². The Kier molecular flexibility index (Phi) is 17.8. The molecule has 0 radical (unpaired) electrons. The fraction of sp³-hybridized carbons (Fsp3) is 0.720. The molecular formula is C25H42N2O3S. The van der Waals surface area contributed by atoms with E-state index < -0.39 is 0 Å². The highest BCUT2D eigenvalue weighted by molar-refractivity contribution is 7.13. The summed E-state index contributed by atoms with van der Waals surface area (Å²) in [5.74, 6) is -0.214. The Bertz CT molecular complexity index is 601. The van der Waals surface area contributed by atoms with Crippen LogP contribution in [-0.2, 0) is 20.7 Å². The molecule has 176 valence electrons. The summed E-state index contributed by atoms with van der Waals surface area (Å²) in [7, 11) is 0. The first-order chi connectivity index (χ1) is 15.3. The molecule has 0 atom stereocenters. The summed E-state index contributed by atoms with van der Waals surface area (Å²) in [6.07, 6.45) is 22.8. The number of anilines is 1. The average molecular weight is 451 g/mol. The highest BCUT2D eigenvalue weighted by Gasteiger charge is 2.07. The molecule has 0 bridgehead atoms. The predicted molar refractivity (Wildman–Crippen MR) is 131 cm³/mol. The normalized spacial score (nSPS) is 11.1. The number of nitrogens with zero attached hydrogens (tertiary/aromatic N) is 1. The molecule has 0 aliphatic rings. The second-order valence-corrected chi connectivity index (χ2v) is 8.80. The number of esters is 1. The molecule has 1 N–H and O–H groups in total. The number of carbonyl (C=O) groups excluding carboxylic acids is 2. The van der Waals surface area contributed by atoms with Crippen molar-refractivity contribution in [1.29, 1.82) is 0 Å². The van der Waals surface area contributed by atoms with Gasteiger partial charge in [0.25, 0.3) is 0 Å². The van der Waals surface area contributed by atoms with Crippen molar-refractivity contribution in [2.24, 2.45) is 0 Å². The van der Waals surface area contributed by atoms with E-state index in [2.05, 4.69) is 22.5 Å². The predicted octanol–water partition coefficient (Wildman–Crippen LogP) is 6.88. The Hall–Kier alpha value is -1.69. The zero-order chi connectivity index (χ0) is 22.4. The number of hydrogen-bond acceptors (Lipinski definition) is 6. The highest BCUT2D eigenvalue weighted by atomic mass is 32.1. The molecule has 1 heterocycles. The van der Waals surface area contributed by atoms with Crippen molar-refractivity contribution < 1.29 is 14.3 Å². The molecule has 0 fully saturated rings. The number of aromatic nitrogens is 1. The van der Waals surface area contributed by atoms with Crippen LogP contribution in [0.4, 0.5) is 5.13 Å². The van der Waals surface area contributed by atoms with Crippen LogP contribution in [0.1, 0.15) is 103 Å². The molecule has 0 aliphatic carbocycles. The minimum Gasteiger partial charge on any atom is -0.466 e. The molecule has 1 aromatic heterocycles. The van der Waals surface area contributed by atoms with Crippen LogP contribution in [0.25, 0.3) is 0 Å². The van der Waals surface area contributed by atoms with Crippen LogP contribution in [0.2, 0.25) is 0 Å². The van der Waals surface area contributed by atoms with Gasteiger partial charge in [-0.25, -0.2) is 4.98 Å². The Morgan fingerprint density at radius 1 is 0.935 bits per heavy atom. The lowest BCUT2D eigenvalue weighted by molar-refractivity contribution is -0.142.